The van der Waals surface area contributed by atoms with E-state index in [-0.39, 0.29) is 10.8 Å². The van der Waals surface area contributed by atoms with Gasteiger partial charge in [0.05, 0.1) is 0 Å². The molecule has 10 rings (SSSR count). The number of hydrogen-bond acceptors (Lipinski definition) is 2. The van der Waals surface area contributed by atoms with Crippen LogP contribution in [0.1, 0.15) is 51.3 Å². The van der Waals surface area contributed by atoms with Crippen LogP contribution < -0.4 is 4.90 Å². The van der Waals surface area contributed by atoms with Gasteiger partial charge < -0.3 is 4.90 Å². The van der Waals surface area contributed by atoms with E-state index in [1.54, 1.807) is 0 Å². The zero-order valence-electron chi connectivity index (χ0n) is 33.2. The van der Waals surface area contributed by atoms with Crippen molar-refractivity contribution in [3.05, 3.63) is 199 Å². The molecule has 57 heavy (non-hydrogen) atoms. The summed E-state index contributed by atoms with van der Waals surface area (Å²) in [6, 6.07) is 67.5. The van der Waals surface area contributed by atoms with Gasteiger partial charge in [0.15, 0.2) is 0 Å². The second kappa shape index (κ2) is 13.5. The van der Waals surface area contributed by atoms with Crippen molar-refractivity contribution in [2.45, 2.75) is 45.4 Å². The third-order valence-electron chi connectivity index (χ3n) is 12.1. The molecule has 0 N–H and O–H groups in total. The lowest BCUT2D eigenvalue weighted by Gasteiger charge is -2.26. The SMILES string of the molecule is CC(C)(C)c1ccc2c(c1)C(C)(C)c1ccc(-c3ccc(N(c4ccc(-c5ccccc5)cc4)c4ccc(-c5ccc6sc7ccccc7c6c5)cc4)cc3)cc1-2. The van der Waals surface area contributed by atoms with E-state index >= 15 is 0 Å². The Kier molecular flexibility index (Phi) is 8.32. The molecule has 1 aliphatic carbocycles. The Hall–Kier alpha value is -6.22. The summed E-state index contributed by atoms with van der Waals surface area (Å²) in [7, 11) is 0. The van der Waals surface area contributed by atoms with Crippen LogP contribution in [0.15, 0.2) is 182 Å². The number of nitrogens with zero attached hydrogens (tertiary/aromatic N) is 1. The Bertz CT molecular complexity index is 2920. The fourth-order valence-electron chi connectivity index (χ4n) is 8.79. The smallest absolute Gasteiger partial charge is 0.0462 e. The van der Waals surface area contributed by atoms with Crippen LogP contribution >= 0.6 is 11.3 Å². The third-order valence-corrected chi connectivity index (χ3v) is 13.2. The summed E-state index contributed by atoms with van der Waals surface area (Å²) in [6.07, 6.45) is 0. The van der Waals surface area contributed by atoms with Crippen LogP contribution in [0.5, 0.6) is 0 Å². The molecule has 2 heteroatoms. The zero-order chi connectivity index (χ0) is 38.9. The molecule has 0 unspecified atom stereocenters. The van der Waals surface area contributed by atoms with Crippen molar-refractivity contribution in [2.24, 2.45) is 0 Å². The summed E-state index contributed by atoms with van der Waals surface area (Å²) in [4.78, 5) is 2.37. The van der Waals surface area contributed by atoms with Gasteiger partial charge in [-0.3, -0.25) is 0 Å². The summed E-state index contributed by atoms with van der Waals surface area (Å²) < 4.78 is 2.66. The highest BCUT2D eigenvalue weighted by Gasteiger charge is 2.36. The number of fused-ring (bicyclic) bond motifs is 6. The lowest BCUT2D eigenvalue weighted by atomic mass is 9.79. The molecule has 276 valence electrons. The minimum atomic E-state index is -0.0363. The van der Waals surface area contributed by atoms with E-state index in [1.165, 1.54) is 81.4 Å². The summed E-state index contributed by atoms with van der Waals surface area (Å²) in [5.74, 6) is 0. The van der Waals surface area contributed by atoms with Crippen molar-refractivity contribution >= 4 is 48.6 Å². The minimum Gasteiger partial charge on any atom is -0.311 e. The highest BCUT2D eigenvalue weighted by atomic mass is 32.1. The summed E-state index contributed by atoms with van der Waals surface area (Å²) in [5.41, 5.74) is 17.7. The molecule has 0 spiro atoms. The average Bonchev–Trinajstić information content (AvgIpc) is 3.72. The molecule has 0 fully saturated rings. The van der Waals surface area contributed by atoms with Crippen LogP contribution in [0.3, 0.4) is 0 Å². The van der Waals surface area contributed by atoms with Gasteiger partial charge in [0.1, 0.15) is 0 Å². The molecule has 8 aromatic carbocycles. The monoisotopic (exact) mass is 751 g/mol. The zero-order valence-corrected chi connectivity index (χ0v) is 34.0. The maximum atomic E-state index is 2.45. The van der Waals surface area contributed by atoms with Gasteiger partial charge in [0.2, 0.25) is 0 Å². The van der Waals surface area contributed by atoms with Crippen LogP contribution in [0.4, 0.5) is 17.1 Å². The van der Waals surface area contributed by atoms with E-state index in [1.807, 2.05) is 11.3 Å². The average molecular weight is 752 g/mol. The summed E-state index contributed by atoms with van der Waals surface area (Å²) in [5, 5.41) is 2.65. The van der Waals surface area contributed by atoms with Crippen LogP contribution in [-0.2, 0) is 10.8 Å². The Morgan fingerprint density at radius 2 is 0.912 bits per heavy atom. The van der Waals surface area contributed by atoms with Crippen molar-refractivity contribution < 1.29 is 0 Å². The molecule has 0 bridgehead atoms. The fourth-order valence-corrected chi connectivity index (χ4v) is 9.88. The molecule has 0 aliphatic heterocycles. The first kappa shape index (κ1) is 35.2. The summed E-state index contributed by atoms with van der Waals surface area (Å²) in [6.45, 7) is 11.6. The molecule has 0 amide bonds. The van der Waals surface area contributed by atoms with Gasteiger partial charge in [0, 0.05) is 42.6 Å². The van der Waals surface area contributed by atoms with Crippen molar-refractivity contribution in [1.29, 1.82) is 0 Å². The van der Waals surface area contributed by atoms with Crippen molar-refractivity contribution in [3.63, 3.8) is 0 Å². The number of benzene rings is 8. The van der Waals surface area contributed by atoms with E-state index in [0.717, 1.165) is 17.1 Å². The van der Waals surface area contributed by atoms with Gasteiger partial charge in [-0.1, -0.05) is 156 Å². The van der Waals surface area contributed by atoms with Gasteiger partial charge in [0.25, 0.3) is 0 Å². The first-order valence-electron chi connectivity index (χ1n) is 20.0. The molecule has 9 aromatic rings. The van der Waals surface area contributed by atoms with Crippen LogP contribution in [0.2, 0.25) is 0 Å². The molecule has 0 saturated heterocycles. The van der Waals surface area contributed by atoms with E-state index in [9.17, 15) is 0 Å². The maximum Gasteiger partial charge on any atom is 0.0462 e. The number of thiophene rings is 1. The Labute approximate surface area is 340 Å². The lowest BCUT2D eigenvalue weighted by Crippen LogP contribution is -2.17. The molecular formula is C55H45NS. The number of rotatable bonds is 6. The Morgan fingerprint density at radius 1 is 0.404 bits per heavy atom. The van der Waals surface area contributed by atoms with E-state index in [4.69, 9.17) is 0 Å². The Morgan fingerprint density at radius 3 is 1.54 bits per heavy atom. The topological polar surface area (TPSA) is 3.24 Å². The highest BCUT2D eigenvalue weighted by molar-refractivity contribution is 7.25. The van der Waals surface area contributed by atoms with Crippen LogP contribution in [0.25, 0.3) is 64.7 Å². The Balaban J connectivity index is 1.01. The maximum absolute atomic E-state index is 2.45. The van der Waals surface area contributed by atoms with Gasteiger partial charge in [-0.2, -0.15) is 0 Å². The molecule has 1 aromatic heterocycles. The third kappa shape index (κ3) is 6.16. The summed E-state index contributed by atoms with van der Waals surface area (Å²) >= 11 is 1.86. The van der Waals surface area contributed by atoms with Crippen molar-refractivity contribution in [3.8, 4) is 44.5 Å². The fraction of sp³-hybridized carbons (Fsp3) is 0.127. The molecule has 0 atom stereocenters. The molecule has 0 radical (unpaired) electrons. The normalized spacial score (nSPS) is 13.1. The molecule has 1 nitrogen and oxygen atoms in total. The molecule has 1 aliphatic rings. The predicted octanol–water partition coefficient (Wildman–Crippen LogP) is 16.1. The second-order valence-electron chi connectivity index (χ2n) is 17.0. The van der Waals surface area contributed by atoms with Crippen molar-refractivity contribution in [2.75, 3.05) is 4.90 Å². The first-order valence-corrected chi connectivity index (χ1v) is 20.8. The predicted molar refractivity (Wildman–Crippen MR) is 247 cm³/mol. The quantitative estimate of drug-likeness (QED) is 0.164. The first-order chi connectivity index (χ1) is 27.6. The number of hydrogen-bond donors (Lipinski definition) is 0. The van der Waals surface area contributed by atoms with Gasteiger partial charge in [-0.05, 0) is 127 Å². The minimum absolute atomic E-state index is 0.0363. The van der Waals surface area contributed by atoms with Gasteiger partial charge in [-0.15, -0.1) is 11.3 Å². The van der Waals surface area contributed by atoms with Gasteiger partial charge in [-0.25, -0.2) is 0 Å². The lowest BCUT2D eigenvalue weighted by molar-refractivity contribution is 0.584. The molecular weight excluding hydrogens is 707 g/mol. The molecule has 0 saturated carbocycles. The van der Waals surface area contributed by atoms with E-state index in [2.05, 4.69) is 222 Å². The number of anilines is 3. The van der Waals surface area contributed by atoms with Crippen LogP contribution in [0, 0.1) is 0 Å². The van der Waals surface area contributed by atoms with Gasteiger partial charge >= 0.3 is 0 Å². The molecule has 1 heterocycles. The second-order valence-corrected chi connectivity index (χ2v) is 18.1. The standard InChI is InChI=1S/C55H45NS/c1-54(2,3)42-23-30-46-48-33-40(21-31-50(48)55(4,5)51(46)35-42)38-17-26-44(27-18-38)56(43-24-15-37(16-25-43)36-11-7-6-8-12-36)45-28-19-39(20-29-45)41-22-32-53-49(34-41)47-13-9-10-14-52(47)57-53/h6-35H,1-5H3. The van der Waals surface area contributed by atoms with E-state index < -0.39 is 0 Å². The van der Waals surface area contributed by atoms with Crippen LogP contribution in [-0.4, -0.2) is 0 Å². The van der Waals surface area contributed by atoms with Crippen molar-refractivity contribution in [1.82, 2.24) is 0 Å². The highest BCUT2D eigenvalue weighted by Crippen LogP contribution is 2.51. The largest absolute Gasteiger partial charge is 0.311 e. The van der Waals surface area contributed by atoms with E-state index in [0.29, 0.717) is 0 Å².